The third-order valence-corrected chi connectivity index (χ3v) is 12.3. The number of piperazine rings is 1. The van der Waals surface area contributed by atoms with Crippen molar-refractivity contribution in [2.45, 2.75) is 83.0 Å². The van der Waals surface area contributed by atoms with Crippen molar-refractivity contribution in [1.29, 1.82) is 0 Å². The largest absolute Gasteiger partial charge is 0.466 e. The molecule has 4 aliphatic heterocycles. The molecule has 1 aromatic carbocycles. The standard InChI is InChI=1S/C40H44N4O11/c1-23(7-6-15-38(3)29-14-17-39(37(52)55-38)16-12-25(36(51)53-4)13-18-40(29,39)54-24(2)45)33(48)43-21-19-42(20-22-43)27-9-5-8-26-31(27)35(50)44(34(26)49)28-10-11-30(46)41-32(28)47/h5-9,12,15,28-29H,10-11,13-14,16-22H2,1-4H3,(H,41,46,47). The summed E-state index contributed by atoms with van der Waals surface area (Å²) in [7, 11) is 1.30. The van der Waals surface area contributed by atoms with E-state index < -0.39 is 70.1 Å². The molecular weight excluding hydrogens is 712 g/mol. The molecule has 4 fully saturated rings. The highest BCUT2D eigenvalue weighted by Crippen LogP contribution is 2.65. The van der Waals surface area contributed by atoms with Crippen LogP contribution in [0.1, 0.15) is 86.4 Å². The number of anilines is 1. The van der Waals surface area contributed by atoms with Gasteiger partial charge in [0.25, 0.3) is 11.8 Å². The second-order valence-electron chi connectivity index (χ2n) is 15.3. The third kappa shape index (κ3) is 6.04. The first kappa shape index (κ1) is 37.7. The molecule has 3 saturated heterocycles. The number of hydrogen-bond acceptors (Lipinski definition) is 12. The fourth-order valence-corrected chi connectivity index (χ4v) is 9.61. The number of rotatable bonds is 7. The van der Waals surface area contributed by atoms with E-state index in [2.05, 4.69) is 5.32 Å². The first-order valence-corrected chi connectivity index (χ1v) is 18.6. The van der Waals surface area contributed by atoms with E-state index in [1.165, 1.54) is 14.0 Å². The summed E-state index contributed by atoms with van der Waals surface area (Å²) in [5.41, 5.74) is -1.70. The van der Waals surface area contributed by atoms with E-state index in [-0.39, 0.29) is 49.1 Å². The molecule has 7 rings (SSSR count). The number of piperidine rings is 1. The molecule has 15 nitrogen and oxygen atoms in total. The van der Waals surface area contributed by atoms with Crippen LogP contribution in [0.4, 0.5) is 5.69 Å². The van der Waals surface area contributed by atoms with Crippen molar-refractivity contribution in [2.24, 2.45) is 11.3 Å². The summed E-state index contributed by atoms with van der Waals surface area (Å²) in [4.78, 5) is 108. The normalized spacial score (nSPS) is 30.7. The molecule has 290 valence electrons. The molecule has 4 heterocycles. The lowest BCUT2D eigenvalue weighted by atomic mass is 9.62. The van der Waals surface area contributed by atoms with Crippen LogP contribution >= 0.6 is 0 Å². The van der Waals surface area contributed by atoms with Gasteiger partial charge >= 0.3 is 17.9 Å². The minimum absolute atomic E-state index is 0.0272. The van der Waals surface area contributed by atoms with Crippen LogP contribution in [-0.2, 0) is 43.0 Å². The number of hydrogen-bond donors (Lipinski definition) is 1. The van der Waals surface area contributed by atoms with Crippen LogP contribution in [0.5, 0.6) is 0 Å². The van der Waals surface area contributed by atoms with Crippen molar-refractivity contribution in [3.8, 4) is 0 Å². The number of ether oxygens (including phenoxy) is 3. The number of imide groups is 2. The monoisotopic (exact) mass is 756 g/mol. The summed E-state index contributed by atoms with van der Waals surface area (Å²) in [6.07, 6.45) is 8.55. The Kier molecular flexibility index (Phi) is 9.54. The van der Waals surface area contributed by atoms with Gasteiger partial charge in [-0.05, 0) is 70.6 Å². The van der Waals surface area contributed by atoms with Gasteiger partial charge in [-0.3, -0.25) is 43.8 Å². The Labute approximate surface area is 317 Å². The lowest BCUT2D eigenvalue weighted by Gasteiger charge is -2.54. The molecule has 5 amide bonds. The summed E-state index contributed by atoms with van der Waals surface area (Å²) in [5.74, 6) is -4.40. The molecule has 0 radical (unpaired) electrons. The van der Waals surface area contributed by atoms with Crippen molar-refractivity contribution in [1.82, 2.24) is 15.1 Å². The van der Waals surface area contributed by atoms with Crippen molar-refractivity contribution < 1.29 is 52.6 Å². The van der Waals surface area contributed by atoms with Gasteiger partial charge in [-0.15, -0.1) is 0 Å². The predicted molar refractivity (Wildman–Crippen MR) is 193 cm³/mol. The van der Waals surface area contributed by atoms with Gasteiger partial charge < -0.3 is 24.0 Å². The van der Waals surface area contributed by atoms with Crippen LogP contribution in [0, 0.1) is 11.3 Å². The zero-order chi connectivity index (χ0) is 39.4. The number of nitrogens with zero attached hydrogens (tertiary/aromatic N) is 3. The number of nitrogens with one attached hydrogen (secondary N) is 1. The maximum absolute atomic E-state index is 13.9. The number of fused-ring (bicyclic) bond motifs is 1. The van der Waals surface area contributed by atoms with E-state index in [0.717, 1.165) is 4.90 Å². The summed E-state index contributed by atoms with van der Waals surface area (Å²) in [6, 6.07) is 3.91. The number of amides is 5. The number of carbonyl (C=O) groups excluding carboxylic acids is 8. The van der Waals surface area contributed by atoms with Crippen LogP contribution in [0.3, 0.4) is 0 Å². The van der Waals surface area contributed by atoms with Gasteiger partial charge in [0.15, 0.2) is 0 Å². The van der Waals surface area contributed by atoms with E-state index in [9.17, 15) is 38.4 Å². The molecule has 1 saturated carbocycles. The van der Waals surface area contributed by atoms with Crippen molar-refractivity contribution in [2.75, 3.05) is 38.2 Å². The number of allylic oxidation sites excluding steroid dienone is 3. The fourth-order valence-electron chi connectivity index (χ4n) is 9.61. The van der Waals surface area contributed by atoms with Gasteiger partial charge in [0, 0.05) is 56.6 Å². The molecule has 55 heavy (non-hydrogen) atoms. The second kappa shape index (κ2) is 13.9. The van der Waals surface area contributed by atoms with E-state index >= 15 is 0 Å². The Bertz CT molecular complexity index is 2010. The van der Waals surface area contributed by atoms with Crippen LogP contribution in [-0.4, -0.2) is 108 Å². The molecule has 0 spiro atoms. The Morgan fingerprint density at radius 2 is 1.71 bits per heavy atom. The van der Waals surface area contributed by atoms with Gasteiger partial charge in [0.2, 0.25) is 17.7 Å². The maximum Gasteiger partial charge on any atom is 0.333 e. The molecular formula is C40H44N4O11. The molecule has 0 aromatic heterocycles. The topological polar surface area (TPSA) is 186 Å². The summed E-state index contributed by atoms with van der Waals surface area (Å²) >= 11 is 0. The Morgan fingerprint density at radius 1 is 0.964 bits per heavy atom. The SMILES string of the molecule is COC(=O)C1=CCC23CCC(C(C)(C=CC=C(C)C(=O)N4CCN(c5cccc6c5C(=O)N(C5CCC(=O)NC5=O)C6=O)CC4)OC2=O)C3(OC(C)=O)CC1. The molecule has 5 atom stereocenters. The number of benzene rings is 1. The molecule has 15 heteroatoms. The number of esters is 3. The van der Waals surface area contributed by atoms with Crippen LogP contribution < -0.4 is 10.2 Å². The molecule has 5 unspecified atom stereocenters. The Balaban J connectivity index is 1.03. The maximum atomic E-state index is 13.9. The Hall–Kier alpha value is -5.60. The van der Waals surface area contributed by atoms with E-state index in [1.807, 2.05) is 4.90 Å². The fraction of sp³-hybridized carbons (Fsp3) is 0.500. The van der Waals surface area contributed by atoms with Crippen LogP contribution in [0.25, 0.3) is 0 Å². The zero-order valence-electron chi connectivity index (χ0n) is 31.3. The quantitative estimate of drug-likeness (QED) is 0.141. The van der Waals surface area contributed by atoms with E-state index in [4.69, 9.17) is 14.2 Å². The summed E-state index contributed by atoms with van der Waals surface area (Å²) in [6.45, 7) is 6.22. The third-order valence-electron chi connectivity index (χ3n) is 12.3. The molecule has 1 aromatic rings. The number of cyclic esters (lactones) is 1. The highest BCUT2D eigenvalue weighted by atomic mass is 16.6. The first-order chi connectivity index (χ1) is 26.2. The molecule has 6 aliphatic rings. The Morgan fingerprint density at radius 3 is 2.40 bits per heavy atom. The average Bonchev–Trinajstić information content (AvgIpc) is 3.49. The van der Waals surface area contributed by atoms with Gasteiger partial charge in [0.05, 0.1) is 23.9 Å². The predicted octanol–water partition coefficient (Wildman–Crippen LogP) is 2.54. The van der Waals surface area contributed by atoms with Gasteiger partial charge in [-0.25, -0.2) is 4.79 Å². The molecule has 2 bridgehead atoms. The lowest BCUT2D eigenvalue weighted by molar-refractivity contribution is -0.235. The zero-order valence-corrected chi connectivity index (χ0v) is 31.3. The van der Waals surface area contributed by atoms with Crippen LogP contribution in [0.15, 0.2) is 53.6 Å². The van der Waals surface area contributed by atoms with Gasteiger partial charge in [-0.2, -0.15) is 0 Å². The summed E-state index contributed by atoms with van der Waals surface area (Å²) < 4.78 is 17.2. The molecule has 2 aliphatic carbocycles. The number of carbonyl (C=O) groups is 8. The average molecular weight is 757 g/mol. The van der Waals surface area contributed by atoms with Crippen LogP contribution in [0.2, 0.25) is 0 Å². The van der Waals surface area contributed by atoms with Gasteiger partial charge in [0.1, 0.15) is 22.7 Å². The summed E-state index contributed by atoms with van der Waals surface area (Å²) in [5, 5.41) is 2.21. The minimum Gasteiger partial charge on any atom is -0.466 e. The smallest absolute Gasteiger partial charge is 0.333 e. The first-order valence-electron chi connectivity index (χ1n) is 18.6. The number of methoxy groups -OCH3 is 1. The molecule has 1 N–H and O–H groups in total. The highest BCUT2D eigenvalue weighted by molar-refractivity contribution is 6.25. The van der Waals surface area contributed by atoms with Crippen molar-refractivity contribution in [3.05, 3.63) is 64.8 Å². The van der Waals surface area contributed by atoms with Crippen molar-refractivity contribution in [3.63, 3.8) is 0 Å². The highest BCUT2D eigenvalue weighted by Gasteiger charge is 2.74. The second-order valence-corrected chi connectivity index (χ2v) is 15.3. The lowest BCUT2D eigenvalue weighted by Crippen LogP contribution is -2.65. The van der Waals surface area contributed by atoms with E-state index in [0.29, 0.717) is 55.9 Å². The van der Waals surface area contributed by atoms with Gasteiger partial charge in [-0.1, -0.05) is 24.3 Å². The van der Waals surface area contributed by atoms with Crippen molar-refractivity contribution >= 4 is 53.1 Å². The minimum atomic E-state index is -1.20. The van der Waals surface area contributed by atoms with E-state index in [1.54, 1.807) is 61.3 Å².